The van der Waals surface area contributed by atoms with Gasteiger partial charge in [-0.2, -0.15) is 0 Å². The number of hydrogen-bond acceptors (Lipinski definition) is 5. The molecule has 0 aromatic heterocycles. The zero-order valence-corrected chi connectivity index (χ0v) is 16.4. The summed E-state index contributed by atoms with van der Waals surface area (Å²) < 4.78 is 32.9. The average Bonchev–Trinajstić information content (AvgIpc) is 3.14. The van der Waals surface area contributed by atoms with Crippen molar-refractivity contribution >= 4 is 22.6 Å². The summed E-state index contributed by atoms with van der Waals surface area (Å²) in [6.45, 7) is 8.70. The Morgan fingerprint density at radius 2 is 2.00 bits per heavy atom. The Balaban J connectivity index is 2.02. The highest BCUT2D eigenvalue weighted by Crippen LogP contribution is 2.36. The van der Waals surface area contributed by atoms with Crippen LogP contribution in [0.5, 0.6) is 5.75 Å². The van der Waals surface area contributed by atoms with E-state index in [1.54, 1.807) is 6.92 Å². The van der Waals surface area contributed by atoms with Crippen molar-refractivity contribution in [3.05, 3.63) is 46.5 Å². The second-order valence-corrected chi connectivity index (χ2v) is 7.41. The highest BCUT2D eigenvalue weighted by atomic mass is 32.2. The van der Waals surface area contributed by atoms with E-state index >= 15 is 0 Å². The summed E-state index contributed by atoms with van der Waals surface area (Å²) in [6, 6.07) is 1.95. The minimum atomic E-state index is -0.708. The van der Waals surface area contributed by atoms with Crippen molar-refractivity contribution < 1.29 is 18.3 Å². The molecule has 1 aromatic rings. The van der Waals surface area contributed by atoms with Crippen LogP contribution < -0.4 is 15.8 Å². The molecule has 0 bridgehead atoms. The molecular weight excluding hydrogens is 372 g/mol. The quantitative estimate of drug-likeness (QED) is 0.660. The minimum Gasteiger partial charge on any atom is -0.494 e. The monoisotopic (exact) mass is 397 g/mol. The van der Waals surface area contributed by atoms with Crippen molar-refractivity contribution in [2.24, 2.45) is 5.73 Å². The third-order valence-corrected chi connectivity index (χ3v) is 5.42. The summed E-state index contributed by atoms with van der Waals surface area (Å²) in [6.07, 6.45) is 2.36. The van der Waals surface area contributed by atoms with Crippen LogP contribution in [0.2, 0.25) is 0 Å². The summed E-state index contributed by atoms with van der Waals surface area (Å²) >= 11 is 0.920. The van der Waals surface area contributed by atoms with Gasteiger partial charge in [0.1, 0.15) is 5.82 Å². The summed E-state index contributed by atoms with van der Waals surface area (Å²) in [5.41, 5.74) is 6.08. The van der Waals surface area contributed by atoms with Crippen LogP contribution >= 0.6 is 11.8 Å². The number of carbonyl (C=O) groups excluding carboxylic acids is 1. The van der Waals surface area contributed by atoms with Crippen LogP contribution in [-0.2, 0) is 4.79 Å². The molecule has 0 aliphatic carbocycles. The standard InChI is InChI=1S/C19H25F2N3O2S/c1-12(22)18(19(25)23-6-9-24-7-4-5-8-24)27-13(2)14-10-16(21)17(26-3)11-15(14)20/h10-11H,2,4-9,22H2,1,3H3,(H,23,25)/b18-12-. The van der Waals surface area contributed by atoms with E-state index < -0.39 is 11.6 Å². The highest BCUT2D eigenvalue weighted by molar-refractivity contribution is 8.12. The molecule has 1 saturated heterocycles. The number of likely N-dealkylation sites (tertiary alicyclic amines) is 1. The molecular formula is C19H25F2N3O2S. The van der Waals surface area contributed by atoms with Crippen LogP contribution in [0.3, 0.4) is 0 Å². The van der Waals surface area contributed by atoms with Gasteiger partial charge in [0.2, 0.25) is 0 Å². The van der Waals surface area contributed by atoms with E-state index in [4.69, 9.17) is 10.5 Å². The number of amides is 1. The topological polar surface area (TPSA) is 67.6 Å². The minimum absolute atomic E-state index is 0.0399. The fourth-order valence-corrected chi connectivity index (χ4v) is 3.64. The molecule has 0 atom stereocenters. The lowest BCUT2D eigenvalue weighted by atomic mass is 10.2. The number of nitrogens with one attached hydrogen (secondary N) is 1. The Bertz CT molecular complexity index is 743. The van der Waals surface area contributed by atoms with Gasteiger partial charge in [0.25, 0.3) is 5.91 Å². The lowest BCUT2D eigenvalue weighted by Gasteiger charge is -2.16. The Kier molecular flexibility index (Phi) is 7.67. The third kappa shape index (κ3) is 5.71. The number of benzene rings is 1. The van der Waals surface area contributed by atoms with Gasteiger partial charge in [-0.1, -0.05) is 18.3 Å². The van der Waals surface area contributed by atoms with E-state index in [2.05, 4.69) is 16.8 Å². The maximum absolute atomic E-state index is 14.2. The number of allylic oxidation sites excluding steroid dienone is 1. The maximum atomic E-state index is 14.2. The zero-order valence-electron chi connectivity index (χ0n) is 15.6. The van der Waals surface area contributed by atoms with Crippen LogP contribution in [0.25, 0.3) is 4.91 Å². The van der Waals surface area contributed by atoms with Crippen molar-refractivity contribution in [3.63, 3.8) is 0 Å². The molecule has 1 heterocycles. The van der Waals surface area contributed by atoms with E-state index in [9.17, 15) is 13.6 Å². The lowest BCUT2D eigenvalue weighted by molar-refractivity contribution is -0.116. The number of rotatable bonds is 8. The molecule has 148 valence electrons. The van der Waals surface area contributed by atoms with Crippen molar-refractivity contribution in [3.8, 4) is 5.75 Å². The van der Waals surface area contributed by atoms with Gasteiger partial charge in [-0.3, -0.25) is 4.79 Å². The van der Waals surface area contributed by atoms with Gasteiger partial charge < -0.3 is 20.7 Å². The first-order valence-electron chi connectivity index (χ1n) is 8.70. The number of methoxy groups -OCH3 is 1. The Labute approximate surface area is 162 Å². The SMILES string of the molecule is C=C(S/C(C(=O)NCCN1CCCC1)=C(/C)N)c1cc(F)c(OC)cc1F. The largest absolute Gasteiger partial charge is 0.494 e. The lowest BCUT2D eigenvalue weighted by Crippen LogP contribution is -2.34. The molecule has 1 aliphatic heterocycles. The molecule has 2 rings (SSSR count). The number of ether oxygens (including phenoxy) is 1. The van der Waals surface area contributed by atoms with Crippen LogP contribution in [0.15, 0.2) is 29.3 Å². The van der Waals surface area contributed by atoms with Crippen LogP contribution in [0, 0.1) is 11.6 Å². The fraction of sp³-hybridized carbons (Fsp3) is 0.421. The van der Waals surface area contributed by atoms with Gasteiger partial charge >= 0.3 is 0 Å². The zero-order chi connectivity index (χ0) is 20.0. The average molecular weight is 397 g/mol. The van der Waals surface area contributed by atoms with Gasteiger partial charge in [-0.25, -0.2) is 8.78 Å². The molecule has 0 radical (unpaired) electrons. The molecule has 0 unspecified atom stereocenters. The third-order valence-electron chi connectivity index (χ3n) is 4.24. The molecule has 27 heavy (non-hydrogen) atoms. The summed E-state index contributed by atoms with van der Waals surface area (Å²) in [7, 11) is 1.26. The summed E-state index contributed by atoms with van der Waals surface area (Å²) in [5, 5.41) is 2.82. The molecule has 3 N–H and O–H groups in total. The van der Waals surface area contributed by atoms with E-state index in [0.29, 0.717) is 6.54 Å². The van der Waals surface area contributed by atoms with Crippen molar-refractivity contribution in [2.45, 2.75) is 19.8 Å². The number of halogens is 2. The van der Waals surface area contributed by atoms with Crippen molar-refractivity contribution in [2.75, 3.05) is 33.3 Å². The van der Waals surface area contributed by atoms with Gasteiger partial charge in [0.05, 0.1) is 12.0 Å². The van der Waals surface area contributed by atoms with Gasteiger partial charge in [0, 0.05) is 35.3 Å². The molecule has 1 amide bonds. The number of nitrogens with two attached hydrogens (primary N) is 1. The molecule has 1 aromatic carbocycles. The van der Waals surface area contributed by atoms with Crippen LogP contribution in [-0.4, -0.2) is 44.1 Å². The Morgan fingerprint density at radius 1 is 1.33 bits per heavy atom. The van der Waals surface area contributed by atoms with Crippen molar-refractivity contribution in [1.82, 2.24) is 10.2 Å². The first kappa shape index (κ1) is 21.2. The molecule has 8 heteroatoms. The predicted octanol–water partition coefficient (Wildman–Crippen LogP) is 3.08. The second-order valence-electron chi connectivity index (χ2n) is 6.31. The molecule has 0 saturated carbocycles. The summed E-state index contributed by atoms with van der Waals surface area (Å²) in [5.74, 6) is -1.94. The van der Waals surface area contributed by atoms with E-state index in [1.165, 1.54) is 20.0 Å². The van der Waals surface area contributed by atoms with E-state index in [-0.39, 0.29) is 32.7 Å². The van der Waals surface area contributed by atoms with Crippen LogP contribution in [0.1, 0.15) is 25.3 Å². The number of nitrogens with zero attached hydrogens (tertiary/aromatic N) is 1. The van der Waals surface area contributed by atoms with Crippen molar-refractivity contribution in [1.29, 1.82) is 0 Å². The van der Waals surface area contributed by atoms with Gasteiger partial charge in [-0.15, -0.1) is 0 Å². The second kappa shape index (κ2) is 9.75. The van der Waals surface area contributed by atoms with Crippen LogP contribution in [0.4, 0.5) is 8.78 Å². The number of thioether (sulfide) groups is 1. The summed E-state index contributed by atoms with van der Waals surface area (Å²) in [4.78, 5) is 15.1. The predicted molar refractivity (Wildman–Crippen MR) is 105 cm³/mol. The van der Waals surface area contributed by atoms with Gasteiger partial charge in [-0.05, 0) is 38.9 Å². The molecule has 0 spiro atoms. The van der Waals surface area contributed by atoms with Gasteiger partial charge in [0.15, 0.2) is 11.6 Å². The Morgan fingerprint density at radius 3 is 2.59 bits per heavy atom. The molecule has 1 aliphatic rings. The highest BCUT2D eigenvalue weighted by Gasteiger charge is 2.19. The first-order chi connectivity index (χ1) is 12.8. The normalized spacial score (nSPS) is 15.4. The Hall–Kier alpha value is -2.06. The molecule has 1 fully saturated rings. The van der Waals surface area contributed by atoms with E-state index in [0.717, 1.165) is 43.5 Å². The number of hydrogen-bond donors (Lipinski definition) is 2. The fourth-order valence-electron chi connectivity index (χ4n) is 2.80. The smallest absolute Gasteiger partial charge is 0.259 e. The number of carbonyl (C=O) groups is 1. The molecule has 5 nitrogen and oxygen atoms in total. The van der Waals surface area contributed by atoms with E-state index in [1.807, 2.05) is 0 Å². The maximum Gasteiger partial charge on any atom is 0.259 e. The first-order valence-corrected chi connectivity index (χ1v) is 9.52.